The van der Waals surface area contributed by atoms with Gasteiger partial charge >= 0.3 is 0 Å². The van der Waals surface area contributed by atoms with E-state index in [0.717, 1.165) is 6.07 Å². The van der Waals surface area contributed by atoms with E-state index in [0.29, 0.717) is 16.7 Å². The van der Waals surface area contributed by atoms with Gasteiger partial charge in [0.2, 0.25) is 0 Å². The Balaban J connectivity index is 1.88. The lowest BCUT2D eigenvalue weighted by molar-refractivity contribution is 0.302. The second kappa shape index (κ2) is 6.97. The normalized spacial score (nSPS) is 17.6. The monoisotopic (exact) mass is 298 g/mol. The third kappa shape index (κ3) is 4.40. The summed E-state index contributed by atoms with van der Waals surface area (Å²) in [5, 5.41) is 6.46. The zero-order valence-electron chi connectivity index (χ0n) is 11.6. The molecular formula is C15H20F2N2S. The Morgan fingerprint density at radius 1 is 1.15 bits per heavy atom. The molecule has 0 aromatic heterocycles. The molecule has 2 rings (SSSR count). The Morgan fingerprint density at radius 3 is 2.35 bits per heavy atom. The molecule has 1 aliphatic carbocycles. The summed E-state index contributed by atoms with van der Waals surface area (Å²) in [5.41, 5.74) is 0.329. The van der Waals surface area contributed by atoms with Gasteiger partial charge in [-0.25, -0.2) is 8.78 Å². The van der Waals surface area contributed by atoms with Crippen LogP contribution in [0.25, 0.3) is 0 Å². The Morgan fingerprint density at radius 2 is 1.75 bits per heavy atom. The summed E-state index contributed by atoms with van der Waals surface area (Å²) in [6.07, 6.45) is 6.28. The number of hydrogen-bond acceptors (Lipinski definition) is 1. The third-order valence-electron chi connectivity index (χ3n) is 3.84. The van der Waals surface area contributed by atoms with Crippen molar-refractivity contribution in [3.05, 3.63) is 29.8 Å². The van der Waals surface area contributed by atoms with Gasteiger partial charge in [0.15, 0.2) is 5.11 Å². The van der Waals surface area contributed by atoms with E-state index in [-0.39, 0.29) is 6.04 Å². The van der Waals surface area contributed by atoms with Gasteiger partial charge < -0.3 is 10.6 Å². The molecule has 0 saturated heterocycles. The Kier molecular flexibility index (Phi) is 5.29. The van der Waals surface area contributed by atoms with Crippen molar-refractivity contribution in [2.75, 3.05) is 5.32 Å². The molecule has 0 radical (unpaired) electrons. The predicted molar refractivity (Wildman–Crippen MR) is 81.8 cm³/mol. The van der Waals surface area contributed by atoms with E-state index in [1.54, 1.807) is 0 Å². The molecule has 5 heteroatoms. The Bertz CT molecular complexity index is 453. The molecule has 110 valence electrons. The third-order valence-corrected chi connectivity index (χ3v) is 4.06. The molecule has 1 aliphatic rings. The largest absolute Gasteiger partial charge is 0.360 e. The van der Waals surface area contributed by atoms with Crippen LogP contribution in [0.1, 0.15) is 39.0 Å². The molecule has 2 N–H and O–H groups in total. The minimum absolute atomic E-state index is 0.272. The first kappa shape index (κ1) is 15.2. The molecule has 0 aliphatic heterocycles. The summed E-state index contributed by atoms with van der Waals surface area (Å²) in [5.74, 6) is -0.612. The van der Waals surface area contributed by atoms with Crippen molar-refractivity contribution >= 4 is 23.0 Å². The van der Waals surface area contributed by atoms with Crippen molar-refractivity contribution in [2.45, 2.75) is 45.1 Å². The number of benzene rings is 1. The maximum Gasteiger partial charge on any atom is 0.170 e. The van der Waals surface area contributed by atoms with Gasteiger partial charge in [0.1, 0.15) is 11.6 Å². The molecule has 1 atom stereocenters. The fourth-order valence-electron chi connectivity index (χ4n) is 2.75. The van der Waals surface area contributed by atoms with Gasteiger partial charge in [0.05, 0.1) is 0 Å². The fraction of sp³-hybridized carbons (Fsp3) is 0.533. The highest BCUT2D eigenvalue weighted by atomic mass is 32.1. The highest BCUT2D eigenvalue weighted by Gasteiger charge is 2.20. The molecule has 1 fully saturated rings. The average molecular weight is 298 g/mol. The van der Waals surface area contributed by atoms with Crippen molar-refractivity contribution < 1.29 is 8.78 Å². The molecule has 0 heterocycles. The minimum Gasteiger partial charge on any atom is -0.360 e. The quantitative estimate of drug-likeness (QED) is 0.817. The summed E-state index contributed by atoms with van der Waals surface area (Å²) in [6.45, 7) is 2.11. The molecule has 20 heavy (non-hydrogen) atoms. The SMILES string of the molecule is CC(NC(=S)Nc1cc(F)cc(F)c1)C1CCCCC1. The number of halogens is 2. The van der Waals surface area contributed by atoms with E-state index >= 15 is 0 Å². The highest BCUT2D eigenvalue weighted by molar-refractivity contribution is 7.80. The molecule has 1 unspecified atom stereocenters. The van der Waals surface area contributed by atoms with Gasteiger partial charge in [-0.15, -0.1) is 0 Å². The molecule has 1 aromatic rings. The van der Waals surface area contributed by atoms with E-state index < -0.39 is 11.6 Å². The van der Waals surface area contributed by atoms with Gasteiger partial charge in [-0.2, -0.15) is 0 Å². The van der Waals surface area contributed by atoms with Crippen LogP contribution in [0.15, 0.2) is 18.2 Å². The molecule has 1 aromatic carbocycles. The van der Waals surface area contributed by atoms with Crippen molar-refractivity contribution in [1.29, 1.82) is 0 Å². The van der Waals surface area contributed by atoms with Crippen LogP contribution in [0, 0.1) is 17.6 Å². The van der Waals surface area contributed by atoms with E-state index in [2.05, 4.69) is 17.6 Å². The topological polar surface area (TPSA) is 24.1 Å². The zero-order chi connectivity index (χ0) is 14.5. The van der Waals surface area contributed by atoms with Crippen LogP contribution < -0.4 is 10.6 Å². The number of hydrogen-bond donors (Lipinski definition) is 2. The maximum atomic E-state index is 13.1. The van der Waals surface area contributed by atoms with Gasteiger partial charge in [-0.1, -0.05) is 19.3 Å². The first-order valence-corrected chi connectivity index (χ1v) is 7.49. The van der Waals surface area contributed by atoms with E-state index in [1.165, 1.54) is 44.2 Å². The average Bonchev–Trinajstić information content (AvgIpc) is 2.38. The van der Waals surface area contributed by atoms with E-state index in [9.17, 15) is 8.78 Å². The predicted octanol–water partition coefficient (Wildman–Crippen LogP) is 4.22. The fourth-order valence-corrected chi connectivity index (χ4v) is 3.06. The van der Waals surface area contributed by atoms with Crippen LogP contribution in [0.4, 0.5) is 14.5 Å². The maximum absolute atomic E-state index is 13.1. The van der Waals surface area contributed by atoms with Crippen LogP contribution in [-0.4, -0.2) is 11.2 Å². The van der Waals surface area contributed by atoms with Crippen LogP contribution >= 0.6 is 12.2 Å². The summed E-state index contributed by atoms with van der Waals surface area (Å²) in [4.78, 5) is 0. The first-order chi connectivity index (χ1) is 9.54. The van der Waals surface area contributed by atoms with Crippen LogP contribution in [0.5, 0.6) is 0 Å². The lowest BCUT2D eigenvalue weighted by atomic mass is 9.85. The molecule has 0 amide bonds. The zero-order valence-corrected chi connectivity index (χ0v) is 12.4. The highest BCUT2D eigenvalue weighted by Crippen LogP contribution is 2.26. The smallest absolute Gasteiger partial charge is 0.170 e. The second-order valence-corrected chi connectivity index (χ2v) is 5.85. The van der Waals surface area contributed by atoms with Gasteiger partial charge in [-0.3, -0.25) is 0 Å². The molecule has 0 bridgehead atoms. The van der Waals surface area contributed by atoms with Gasteiger partial charge in [0.25, 0.3) is 0 Å². The summed E-state index contributed by atoms with van der Waals surface area (Å²) >= 11 is 5.20. The summed E-state index contributed by atoms with van der Waals surface area (Å²) in [6, 6.07) is 3.56. The Labute approximate surface area is 123 Å². The molecule has 0 spiro atoms. The second-order valence-electron chi connectivity index (χ2n) is 5.44. The number of thiocarbonyl (C=S) groups is 1. The lowest BCUT2D eigenvalue weighted by Gasteiger charge is -2.29. The van der Waals surface area contributed by atoms with E-state index in [1.807, 2.05) is 0 Å². The standard InChI is InChI=1S/C15H20F2N2S/c1-10(11-5-3-2-4-6-11)18-15(20)19-14-8-12(16)7-13(17)9-14/h7-11H,2-6H2,1H3,(H2,18,19,20). The lowest BCUT2D eigenvalue weighted by Crippen LogP contribution is -2.41. The Hall–Kier alpha value is -1.23. The molecular weight excluding hydrogens is 278 g/mol. The van der Waals surface area contributed by atoms with Gasteiger partial charge in [0, 0.05) is 17.8 Å². The summed E-state index contributed by atoms with van der Waals surface area (Å²) < 4.78 is 26.2. The molecule has 2 nitrogen and oxygen atoms in total. The first-order valence-electron chi connectivity index (χ1n) is 7.08. The number of rotatable bonds is 3. The van der Waals surface area contributed by atoms with Crippen LogP contribution in [0.3, 0.4) is 0 Å². The van der Waals surface area contributed by atoms with Gasteiger partial charge in [-0.05, 0) is 50.0 Å². The number of nitrogens with one attached hydrogen (secondary N) is 2. The van der Waals surface area contributed by atoms with Crippen molar-refractivity contribution in [3.8, 4) is 0 Å². The van der Waals surface area contributed by atoms with Crippen LogP contribution in [-0.2, 0) is 0 Å². The number of anilines is 1. The minimum atomic E-state index is -0.615. The molecule has 1 saturated carbocycles. The summed E-state index contributed by atoms with van der Waals surface area (Å²) in [7, 11) is 0. The van der Waals surface area contributed by atoms with Crippen molar-refractivity contribution in [2.24, 2.45) is 5.92 Å². The van der Waals surface area contributed by atoms with E-state index in [4.69, 9.17) is 12.2 Å². The van der Waals surface area contributed by atoms with Crippen LogP contribution in [0.2, 0.25) is 0 Å². The van der Waals surface area contributed by atoms with Crippen molar-refractivity contribution in [3.63, 3.8) is 0 Å². The van der Waals surface area contributed by atoms with Crippen molar-refractivity contribution in [1.82, 2.24) is 5.32 Å².